The highest BCUT2D eigenvalue weighted by atomic mass is 79.9. The smallest absolute Gasteiger partial charge is 0.250 e. The van der Waals surface area contributed by atoms with Crippen LogP contribution in [0.1, 0.15) is 11.1 Å². The zero-order valence-corrected chi connectivity index (χ0v) is 22.3. The van der Waals surface area contributed by atoms with E-state index in [-0.39, 0.29) is 11.7 Å². The molecule has 0 aliphatic heterocycles. The van der Waals surface area contributed by atoms with Crippen LogP contribution in [0.4, 0.5) is 0 Å². The molecule has 0 aliphatic carbocycles. The van der Waals surface area contributed by atoms with Gasteiger partial charge in [-0.2, -0.15) is 5.10 Å². The molecule has 1 N–H and O–H groups in total. The van der Waals surface area contributed by atoms with Crippen LogP contribution in [0, 0.1) is 6.92 Å². The Morgan fingerprint density at radius 2 is 1.81 bits per heavy atom. The van der Waals surface area contributed by atoms with Gasteiger partial charge in [0, 0.05) is 11.3 Å². The number of hydrazone groups is 1. The molecule has 0 saturated heterocycles. The maximum Gasteiger partial charge on any atom is 0.250 e. The Kier molecular flexibility index (Phi) is 8.40. The van der Waals surface area contributed by atoms with E-state index in [4.69, 9.17) is 9.47 Å². The Morgan fingerprint density at radius 1 is 1.06 bits per heavy atom. The number of aromatic nitrogens is 3. The highest BCUT2D eigenvalue weighted by molar-refractivity contribution is 9.10. The number of benzene rings is 3. The topological polar surface area (TPSA) is 90.6 Å². The van der Waals surface area contributed by atoms with E-state index < -0.39 is 0 Å². The van der Waals surface area contributed by atoms with Crippen LogP contribution in [-0.2, 0) is 4.79 Å². The minimum atomic E-state index is -0.256. The summed E-state index contributed by atoms with van der Waals surface area (Å²) in [5, 5.41) is 13.4. The summed E-state index contributed by atoms with van der Waals surface area (Å²) < 4.78 is 13.2. The molecule has 184 valence electrons. The third-order valence-electron chi connectivity index (χ3n) is 5.18. The average Bonchev–Trinajstić information content (AvgIpc) is 3.32. The van der Waals surface area contributed by atoms with Crippen LogP contribution in [0.3, 0.4) is 0 Å². The van der Waals surface area contributed by atoms with Gasteiger partial charge in [0.05, 0.1) is 30.7 Å². The van der Waals surface area contributed by atoms with E-state index in [1.807, 2.05) is 78.2 Å². The van der Waals surface area contributed by atoms with Crippen molar-refractivity contribution in [2.75, 3.05) is 20.0 Å². The lowest BCUT2D eigenvalue weighted by Gasteiger charge is -2.11. The van der Waals surface area contributed by atoms with Crippen LogP contribution in [0.15, 0.2) is 81.5 Å². The number of nitrogens with one attached hydrogen (secondary N) is 1. The highest BCUT2D eigenvalue weighted by Crippen LogP contribution is 2.29. The monoisotopic (exact) mass is 565 g/mol. The summed E-state index contributed by atoms with van der Waals surface area (Å²) in [6, 6.07) is 21.2. The fourth-order valence-electron chi connectivity index (χ4n) is 3.32. The van der Waals surface area contributed by atoms with E-state index in [2.05, 4.69) is 36.7 Å². The van der Waals surface area contributed by atoms with Crippen molar-refractivity contribution in [3.8, 4) is 28.6 Å². The van der Waals surface area contributed by atoms with Gasteiger partial charge in [-0.25, -0.2) is 5.43 Å². The van der Waals surface area contributed by atoms with E-state index >= 15 is 0 Å². The summed E-state index contributed by atoms with van der Waals surface area (Å²) in [6.07, 6.45) is 1.57. The van der Waals surface area contributed by atoms with Gasteiger partial charge in [0.2, 0.25) is 0 Å². The molecule has 0 bridgehead atoms. The van der Waals surface area contributed by atoms with Crippen LogP contribution in [0.25, 0.3) is 17.1 Å². The van der Waals surface area contributed by atoms with E-state index in [1.165, 1.54) is 11.8 Å². The maximum absolute atomic E-state index is 12.5. The summed E-state index contributed by atoms with van der Waals surface area (Å²) in [4.78, 5) is 12.5. The molecule has 8 nitrogen and oxygen atoms in total. The van der Waals surface area contributed by atoms with Gasteiger partial charge in [0.25, 0.3) is 5.91 Å². The summed E-state index contributed by atoms with van der Waals surface area (Å²) in [6.45, 7) is 2.03. The van der Waals surface area contributed by atoms with Gasteiger partial charge in [-0.3, -0.25) is 9.36 Å². The Morgan fingerprint density at radius 3 is 2.47 bits per heavy atom. The number of carbonyl (C=O) groups is 1. The van der Waals surface area contributed by atoms with E-state index in [9.17, 15) is 4.79 Å². The number of ether oxygens (including phenoxy) is 2. The minimum absolute atomic E-state index is 0.121. The zero-order valence-electron chi connectivity index (χ0n) is 19.9. The van der Waals surface area contributed by atoms with Gasteiger partial charge in [-0.05, 0) is 83.0 Å². The summed E-state index contributed by atoms with van der Waals surface area (Å²) in [5.41, 5.74) is 6.31. The SMILES string of the molecule is COc1ccc(-c2nnc(SCC(=O)NN=Cc3ccc(OC)c(Br)c3)n2-c2ccc(C)cc2)cc1. The van der Waals surface area contributed by atoms with Crippen molar-refractivity contribution in [1.82, 2.24) is 20.2 Å². The molecule has 0 spiro atoms. The van der Waals surface area contributed by atoms with Crippen molar-refractivity contribution < 1.29 is 14.3 Å². The molecule has 3 aromatic carbocycles. The third-order valence-corrected chi connectivity index (χ3v) is 6.73. The second kappa shape index (κ2) is 11.9. The quantitative estimate of drug-likeness (QED) is 0.169. The normalized spacial score (nSPS) is 11.0. The van der Waals surface area contributed by atoms with Crippen molar-refractivity contribution in [3.05, 3.63) is 82.3 Å². The van der Waals surface area contributed by atoms with Crippen LogP contribution in [0.2, 0.25) is 0 Å². The lowest BCUT2D eigenvalue weighted by atomic mass is 10.2. The number of aryl methyl sites for hydroxylation is 1. The Balaban J connectivity index is 1.49. The van der Waals surface area contributed by atoms with Crippen molar-refractivity contribution in [3.63, 3.8) is 0 Å². The van der Waals surface area contributed by atoms with E-state index in [0.29, 0.717) is 11.0 Å². The molecule has 0 aliphatic rings. The number of hydrogen-bond donors (Lipinski definition) is 1. The number of rotatable bonds is 9. The fraction of sp³-hybridized carbons (Fsp3) is 0.154. The molecule has 0 unspecified atom stereocenters. The molecule has 4 aromatic rings. The van der Waals surface area contributed by atoms with Crippen LogP contribution >= 0.6 is 27.7 Å². The van der Waals surface area contributed by atoms with Gasteiger partial charge in [0.15, 0.2) is 11.0 Å². The molecule has 0 fully saturated rings. The molecule has 0 atom stereocenters. The number of hydrogen-bond acceptors (Lipinski definition) is 7. The standard InChI is InChI=1S/C26H24BrN5O3S/c1-17-4-9-20(10-5-17)32-25(19-7-11-21(34-2)12-8-19)30-31-26(32)36-16-24(33)29-28-15-18-6-13-23(35-3)22(27)14-18/h4-15H,16H2,1-3H3,(H,29,33). The predicted octanol–water partition coefficient (Wildman–Crippen LogP) is 5.26. The number of methoxy groups -OCH3 is 2. The lowest BCUT2D eigenvalue weighted by molar-refractivity contribution is -0.118. The Bertz CT molecular complexity index is 1370. The molecule has 4 rings (SSSR count). The summed E-state index contributed by atoms with van der Waals surface area (Å²) in [7, 11) is 3.23. The largest absolute Gasteiger partial charge is 0.497 e. The molecule has 1 heterocycles. The minimum Gasteiger partial charge on any atom is -0.497 e. The molecule has 1 aromatic heterocycles. The summed E-state index contributed by atoms with van der Waals surface area (Å²) in [5.74, 6) is 2.02. The first-order valence-electron chi connectivity index (χ1n) is 10.9. The van der Waals surface area contributed by atoms with Crippen LogP contribution in [0.5, 0.6) is 11.5 Å². The Labute approximate surface area is 221 Å². The van der Waals surface area contributed by atoms with E-state index in [1.54, 1.807) is 20.4 Å². The van der Waals surface area contributed by atoms with Gasteiger partial charge in [-0.15, -0.1) is 10.2 Å². The lowest BCUT2D eigenvalue weighted by Crippen LogP contribution is -2.20. The third kappa shape index (κ3) is 6.13. The van der Waals surface area contributed by atoms with E-state index in [0.717, 1.165) is 38.3 Å². The molecule has 0 radical (unpaired) electrons. The highest BCUT2D eigenvalue weighted by Gasteiger charge is 2.17. The molecule has 36 heavy (non-hydrogen) atoms. The number of carbonyl (C=O) groups excluding carboxylic acids is 1. The second-order valence-corrected chi connectivity index (χ2v) is 9.48. The zero-order chi connectivity index (χ0) is 25.5. The van der Waals surface area contributed by atoms with Gasteiger partial charge < -0.3 is 9.47 Å². The van der Waals surface area contributed by atoms with Gasteiger partial charge >= 0.3 is 0 Å². The number of halogens is 1. The van der Waals surface area contributed by atoms with Crippen molar-refractivity contribution in [1.29, 1.82) is 0 Å². The maximum atomic E-state index is 12.5. The van der Waals surface area contributed by atoms with Crippen LogP contribution in [-0.4, -0.2) is 46.9 Å². The average molecular weight is 566 g/mol. The first-order valence-corrected chi connectivity index (χ1v) is 12.7. The first kappa shape index (κ1) is 25.5. The Hall–Kier alpha value is -3.63. The second-order valence-electron chi connectivity index (χ2n) is 7.68. The molecular weight excluding hydrogens is 542 g/mol. The molecule has 0 saturated carbocycles. The number of nitrogens with zero attached hydrogens (tertiary/aromatic N) is 4. The first-order chi connectivity index (χ1) is 17.5. The number of thioether (sulfide) groups is 1. The fourth-order valence-corrected chi connectivity index (χ4v) is 4.62. The molecular formula is C26H24BrN5O3S. The van der Waals surface area contributed by atoms with Crippen molar-refractivity contribution >= 4 is 39.8 Å². The predicted molar refractivity (Wildman–Crippen MR) is 145 cm³/mol. The van der Waals surface area contributed by atoms with Crippen molar-refractivity contribution in [2.45, 2.75) is 12.1 Å². The summed E-state index contributed by atoms with van der Waals surface area (Å²) >= 11 is 4.72. The van der Waals surface area contributed by atoms with Crippen LogP contribution < -0.4 is 14.9 Å². The van der Waals surface area contributed by atoms with Gasteiger partial charge in [-0.1, -0.05) is 29.5 Å². The molecule has 1 amide bonds. The van der Waals surface area contributed by atoms with Gasteiger partial charge in [0.1, 0.15) is 11.5 Å². The number of amides is 1. The molecule has 10 heteroatoms. The van der Waals surface area contributed by atoms with Crippen molar-refractivity contribution in [2.24, 2.45) is 5.10 Å².